The third-order valence-electron chi connectivity index (χ3n) is 1.05. The van der Waals surface area contributed by atoms with Gasteiger partial charge in [0.25, 0.3) is 0 Å². The van der Waals surface area contributed by atoms with Crippen molar-refractivity contribution >= 4 is 0 Å². The molecule has 0 aromatic carbocycles. The maximum atomic E-state index is 3.78. The molecular formula is C9H9N3. The molecule has 3 heteroatoms. The molecule has 2 aromatic rings. The van der Waals surface area contributed by atoms with Crippen molar-refractivity contribution in [2.75, 3.05) is 0 Å². The number of aromatic nitrogens is 3. The molecule has 2 heterocycles. The third kappa shape index (κ3) is 4.11. The molecule has 2 rings (SSSR count). The zero-order chi connectivity index (χ0) is 8.49. The number of hydrogen-bond acceptors (Lipinski definition) is 3. The molecule has 0 aliphatic heterocycles. The van der Waals surface area contributed by atoms with E-state index in [0.29, 0.717) is 0 Å². The molecule has 0 unspecified atom stereocenters. The monoisotopic (exact) mass is 159 g/mol. The standard InChI is InChI=1S/C5H5N.C4H4N2/c2*1-2-4-6-5-3-1/h1-5H;1-4H. The lowest BCUT2D eigenvalue weighted by Gasteiger charge is -1.70. The van der Waals surface area contributed by atoms with Gasteiger partial charge in [0.05, 0.1) is 0 Å². The van der Waals surface area contributed by atoms with Crippen LogP contribution in [0, 0.1) is 0 Å². The maximum absolute atomic E-state index is 3.78. The largest absolute Gasteiger partial charge is 0.265 e. The van der Waals surface area contributed by atoms with Crippen LogP contribution in [0.25, 0.3) is 0 Å². The van der Waals surface area contributed by atoms with Crippen molar-refractivity contribution < 1.29 is 0 Å². The Bertz CT molecular complexity index is 185. The smallest absolute Gasteiger partial charge is 0.0496 e. The molecule has 0 bridgehead atoms. The topological polar surface area (TPSA) is 38.7 Å². The fourth-order valence-corrected chi connectivity index (χ4v) is 0.566. The highest BCUT2D eigenvalue weighted by atomic mass is 15.1. The molecule has 0 spiro atoms. The Morgan fingerprint density at radius 3 is 1.17 bits per heavy atom. The van der Waals surface area contributed by atoms with E-state index in [2.05, 4.69) is 15.2 Å². The Balaban J connectivity index is 0.000000120. The Morgan fingerprint density at radius 2 is 1.00 bits per heavy atom. The predicted molar refractivity (Wildman–Crippen MR) is 46.3 cm³/mol. The van der Waals surface area contributed by atoms with Crippen molar-refractivity contribution in [1.29, 1.82) is 0 Å². The molecule has 0 fully saturated rings. The van der Waals surface area contributed by atoms with Crippen molar-refractivity contribution in [1.82, 2.24) is 15.2 Å². The summed E-state index contributed by atoms with van der Waals surface area (Å²) in [6.45, 7) is 0. The lowest BCUT2D eigenvalue weighted by Crippen LogP contribution is -1.69. The van der Waals surface area contributed by atoms with E-state index in [0.717, 1.165) is 0 Å². The molecule has 0 atom stereocenters. The molecular weight excluding hydrogens is 150 g/mol. The van der Waals surface area contributed by atoms with E-state index in [1.54, 1.807) is 24.8 Å². The first-order chi connectivity index (χ1) is 6.00. The maximum Gasteiger partial charge on any atom is 0.0496 e. The lowest BCUT2D eigenvalue weighted by atomic mass is 10.5. The predicted octanol–water partition coefficient (Wildman–Crippen LogP) is 1.56. The first kappa shape index (κ1) is 8.33. The molecule has 2 aromatic heterocycles. The summed E-state index contributed by atoms with van der Waals surface area (Å²) < 4.78 is 0. The van der Waals surface area contributed by atoms with Gasteiger partial charge in [0.2, 0.25) is 0 Å². The summed E-state index contributed by atoms with van der Waals surface area (Å²) in [6, 6.07) is 9.37. The zero-order valence-electron chi connectivity index (χ0n) is 6.54. The fraction of sp³-hybridized carbons (Fsp3) is 0. The number of pyridine rings is 1. The van der Waals surface area contributed by atoms with Crippen LogP contribution >= 0.6 is 0 Å². The molecule has 3 nitrogen and oxygen atoms in total. The average Bonchev–Trinajstić information content (AvgIpc) is 2.24. The van der Waals surface area contributed by atoms with Crippen molar-refractivity contribution in [3.05, 3.63) is 55.1 Å². The molecule has 0 aliphatic carbocycles. The Labute approximate surface area is 71.1 Å². The van der Waals surface area contributed by atoms with E-state index < -0.39 is 0 Å². The SMILES string of the molecule is c1ccncc1.c1ccnnc1. The Morgan fingerprint density at radius 1 is 0.500 bits per heavy atom. The second-order valence-electron chi connectivity index (χ2n) is 1.94. The van der Waals surface area contributed by atoms with Gasteiger partial charge in [0.1, 0.15) is 0 Å². The van der Waals surface area contributed by atoms with E-state index >= 15 is 0 Å². The molecule has 0 N–H and O–H groups in total. The van der Waals surface area contributed by atoms with Crippen LogP contribution in [0.1, 0.15) is 0 Å². The summed E-state index contributed by atoms with van der Waals surface area (Å²) >= 11 is 0. The van der Waals surface area contributed by atoms with E-state index in [-0.39, 0.29) is 0 Å². The van der Waals surface area contributed by atoms with Gasteiger partial charge in [-0.3, -0.25) is 4.98 Å². The van der Waals surface area contributed by atoms with Crippen molar-refractivity contribution in [2.24, 2.45) is 0 Å². The number of nitrogens with zero attached hydrogens (tertiary/aromatic N) is 3. The summed E-state index contributed by atoms with van der Waals surface area (Å²) in [6.07, 6.45) is 6.78. The normalized spacial score (nSPS) is 8.00. The summed E-state index contributed by atoms with van der Waals surface area (Å²) in [7, 11) is 0. The molecule has 0 radical (unpaired) electrons. The van der Waals surface area contributed by atoms with Gasteiger partial charge in [-0.25, -0.2) is 0 Å². The lowest BCUT2D eigenvalue weighted by molar-refractivity contribution is 1.03. The summed E-state index contributed by atoms with van der Waals surface area (Å²) in [5, 5.41) is 7.07. The van der Waals surface area contributed by atoms with Crippen LogP contribution in [-0.2, 0) is 0 Å². The molecule has 12 heavy (non-hydrogen) atoms. The molecule has 60 valence electrons. The van der Waals surface area contributed by atoms with Crippen molar-refractivity contribution in [3.8, 4) is 0 Å². The highest BCUT2D eigenvalue weighted by Crippen LogP contribution is 1.73. The van der Waals surface area contributed by atoms with Crippen LogP contribution in [0.4, 0.5) is 0 Å². The first-order valence-corrected chi connectivity index (χ1v) is 3.57. The summed E-state index contributed by atoms with van der Waals surface area (Å²) in [5.41, 5.74) is 0. The van der Waals surface area contributed by atoms with Crippen LogP contribution in [0.5, 0.6) is 0 Å². The Hall–Kier alpha value is -1.77. The van der Waals surface area contributed by atoms with Crippen molar-refractivity contribution in [2.45, 2.75) is 0 Å². The van der Waals surface area contributed by atoms with E-state index in [9.17, 15) is 0 Å². The van der Waals surface area contributed by atoms with Crippen LogP contribution < -0.4 is 0 Å². The van der Waals surface area contributed by atoms with Crippen LogP contribution in [0.2, 0.25) is 0 Å². The highest BCUT2D eigenvalue weighted by Gasteiger charge is 1.59. The average molecular weight is 159 g/mol. The number of hydrogen-bond donors (Lipinski definition) is 0. The minimum Gasteiger partial charge on any atom is -0.265 e. The quantitative estimate of drug-likeness (QED) is 0.585. The van der Waals surface area contributed by atoms with Crippen molar-refractivity contribution in [3.63, 3.8) is 0 Å². The summed E-state index contributed by atoms with van der Waals surface area (Å²) in [5.74, 6) is 0. The van der Waals surface area contributed by atoms with E-state index in [4.69, 9.17) is 0 Å². The van der Waals surface area contributed by atoms with Gasteiger partial charge in [0.15, 0.2) is 0 Å². The second-order valence-corrected chi connectivity index (χ2v) is 1.94. The van der Waals surface area contributed by atoms with Gasteiger partial charge in [-0.1, -0.05) is 6.07 Å². The van der Waals surface area contributed by atoms with Crippen LogP contribution in [0.3, 0.4) is 0 Å². The highest BCUT2D eigenvalue weighted by molar-refractivity contribution is 4.88. The van der Waals surface area contributed by atoms with E-state index in [1.165, 1.54) is 0 Å². The van der Waals surface area contributed by atoms with Gasteiger partial charge in [-0.15, -0.1) is 0 Å². The van der Waals surface area contributed by atoms with Gasteiger partial charge in [-0.2, -0.15) is 10.2 Å². The Kier molecular flexibility index (Phi) is 4.15. The fourth-order valence-electron chi connectivity index (χ4n) is 0.566. The zero-order valence-corrected chi connectivity index (χ0v) is 6.54. The second kappa shape index (κ2) is 5.97. The van der Waals surface area contributed by atoms with Gasteiger partial charge in [0, 0.05) is 24.8 Å². The minimum atomic E-state index is 1.64. The molecule has 0 amide bonds. The first-order valence-electron chi connectivity index (χ1n) is 3.57. The van der Waals surface area contributed by atoms with E-state index in [1.807, 2.05) is 30.3 Å². The van der Waals surface area contributed by atoms with Crippen LogP contribution in [-0.4, -0.2) is 15.2 Å². The van der Waals surface area contributed by atoms with Gasteiger partial charge in [-0.05, 0) is 24.3 Å². The van der Waals surface area contributed by atoms with Gasteiger partial charge < -0.3 is 0 Å². The minimum absolute atomic E-state index is 1.64. The molecule has 0 saturated carbocycles. The number of rotatable bonds is 0. The molecule has 0 saturated heterocycles. The summed E-state index contributed by atoms with van der Waals surface area (Å²) in [4.78, 5) is 3.78. The van der Waals surface area contributed by atoms with Gasteiger partial charge >= 0.3 is 0 Å². The third-order valence-corrected chi connectivity index (χ3v) is 1.05. The van der Waals surface area contributed by atoms with Crippen LogP contribution in [0.15, 0.2) is 55.1 Å². The molecule has 0 aliphatic rings.